The quantitative estimate of drug-likeness (QED) is 0.527. The Morgan fingerprint density at radius 1 is 1.09 bits per heavy atom. The Morgan fingerprint density at radius 3 is 2.19 bits per heavy atom. The molecule has 0 saturated carbocycles. The largest absolute Gasteiger partial charge is 0.353 e. The lowest BCUT2D eigenvalue weighted by Gasteiger charge is -2.28. The second-order valence-electron chi connectivity index (χ2n) is 9.89. The van der Waals surface area contributed by atoms with Gasteiger partial charge < -0.3 is 9.47 Å². The van der Waals surface area contributed by atoms with Crippen molar-refractivity contribution in [3.8, 4) is 0 Å². The molecule has 0 fully saturated rings. The predicted molar refractivity (Wildman–Crippen MR) is 130 cm³/mol. The van der Waals surface area contributed by atoms with Crippen molar-refractivity contribution >= 4 is 15.9 Å². The van der Waals surface area contributed by atoms with E-state index in [-0.39, 0.29) is 28.7 Å². The summed E-state index contributed by atoms with van der Waals surface area (Å²) in [4.78, 5) is 15.3. The number of nitrogens with zero attached hydrogens (tertiary/aromatic N) is 3. The molecule has 2 rings (SSSR count). The highest BCUT2D eigenvalue weighted by molar-refractivity contribution is 7.89. The first-order valence-corrected chi connectivity index (χ1v) is 12.8. The van der Waals surface area contributed by atoms with Crippen molar-refractivity contribution < 1.29 is 13.2 Å². The van der Waals surface area contributed by atoms with E-state index in [1.54, 1.807) is 17.0 Å². The molecule has 0 radical (unpaired) electrons. The maximum absolute atomic E-state index is 13.4. The van der Waals surface area contributed by atoms with Crippen molar-refractivity contribution in [1.82, 2.24) is 13.8 Å². The standard InChI is InChI=1S/C25H39N3O3S/c1-8-15-28(32(30,31)23-13-11-21(12-14-23)25(4,5)6)19-24(29)27(17-20(2)3)18-22-10-9-16-26(22)7/h9-14,16,20H,8,15,17-19H2,1-7H3. The van der Waals surface area contributed by atoms with Gasteiger partial charge in [-0.15, -0.1) is 0 Å². The van der Waals surface area contributed by atoms with Crippen LogP contribution in [0, 0.1) is 5.92 Å². The summed E-state index contributed by atoms with van der Waals surface area (Å²) in [6.45, 7) is 13.5. The Balaban J connectivity index is 2.27. The lowest BCUT2D eigenvalue weighted by Crippen LogP contribution is -2.44. The van der Waals surface area contributed by atoms with Gasteiger partial charge in [0, 0.05) is 32.0 Å². The number of hydrogen-bond acceptors (Lipinski definition) is 3. The topological polar surface area (TPSA) is 62.6 Å². The zero-order valence-electron chi connectivity index (χ0n) is 20.6. The molecule has 1 aromatic carbocycles. The fourth-order valence-corrected chi connectivity index (χ4v) is 5.09. The van der Waals surface area contributed by atoms with Crippen LogP contribution in [0.3, 0.4) is 0 Å². The summed E-state index contributed by atoms with van der Waals surface area (Å²) in [7, 11) is -1.83. The minimum Gasteiger partial charge on any atom is -0.353 e. The summed E-state index contributed by atoms with van der Waals surface area (Å²) in [5.41, 5.74) is 2.03. The summed E-state index contributed by atoms with van der Waals surface area (Å²) in [5.74, 6) is 0.101. The third-order valence-electron chi connectivity index (χ3n) is 5.49. The third-order valence-corrected chi connectivity index (χ3v) is 7.34. The molecule has 0 bridgehead atoms. The molecule has 178 valence electrons. The van der Waals surface area contributed by atoms with Crippen molar-refractivity contribution in [2.75, 3.05) is 19.6 Å². The average molecular weight is 462 g/mol. The van der Waals surface area contributed by atoms with E-state index in [4.69, 9.17) is 0 Å². The highest BCUT2D eigenvalue weighted by Crippen LogP contribution is 2.25. The first-order valence-electron chi connectivity index (χ1n) is 11.3. The fraction of sp³-hybridized carbons (Fsp3) is 0.560. The second-order valence-corrected chi connectivity index (χ2v) is 11.8. The van der Waals surface area contributed by atoms with Gasteiger partial charge in [-0.3, -0.25) is 4.79 Å². The maximum Gasteiger partial charge on any atom is 0.243 e. The van der Waals surface area contributed by atoms with E-state index >= 15 is 0 Å². The first-order chi connectivity index (χ1) is 14.9. The van der Waals surface area contributed by atoms with E-state index in [0.717, 1.165) is 11.3 Å². The van der Waals surface area contributed by atoms with Gasteiger partial charge in [0.25, 0.3) is 0 Å². The number of amides is 1. The second kappa shape index (κ2) is 10.7. The number of hydrogen-bond donors (Lipinski definition) is 0. The van der Waals surface area contributed by atoms with Gasteiger partial charge in [0.2, 0.25) is 15.9 Å². The summed E-state index contributed by atoms with van der Waals surface area (Å²) in [5, 5.41) is 0. The van der Waals surface area contributed by atoms with Crippen LogP contribution < -0.4 is 0 Å². The number of benzene rings is 1. The zero-order chi connectivity index (χ0) is 24.1. The first kappa shape index (κ1) is 26.1. The van der Waals surface area contributed by atoms with Crippen LogP contribution in [0.2, 0.25) is 0 Å². The van der Waals surface area contributed by atoms with Gasteiger partial charge in [-0.1, -0.05) is 53.7 Å². The molecule has 1 aromatic heterocycles. The third kappa shape index (κ3) is 6.69. The maximum atomic E-state index is 13.4. The van der Waals surface area contributed by atoms with Gasteiger partial charge in [-0.25, -0.2) is 8.42 Å². The van der Waals surface area contributed by atoms with Crippen molar-refractivity contribution in [2.24, 2.45) is 13.0 Å². The molecule has 0 aliphatic carbocycles. The molecule has 1 amide bonds. The Hall–Kier alpha value is -2.12. The number of aromatic nitrogens is 1. The molecule has 0 atom stereocenters. The van der Waals surface area contributed by atoms with E-state index in [1.165, 1.54) is 4.31 Å². The summed E-state index contributed by atoms with van der Waals surface area (Å²) >= 11 is 0. The van der Waals surface area contributed by atoms with Crippen LogP contribution in [0.4, 0.5) is 0 Å². The van der Waals surface area contributed by atoms with Crippen molar-refractivity contribution in [3.63, 3.8) is 0 Å². The van der Waals surface area contributed by atoms with Crippen molar-refractivity contribution in [1.29, 1.82) is 0 Å². The van der Waals surface area contributed by atoms with Crippen LogP contribution in [0.5, 0.6) is 0 Å². The molecule has 0 aliphatic rings. The number of carbonyl (C=O) groups is 1. The molecule has 1 heterocycles. The lowest BCUT2D eigenvalue weighted by molar-refractivity contribution is -0.132. The lowest BCUT2D eigenvalue weighted by atomic mass is 9.87. The van der Waals surface area contributed by atoms with Gasteiger partial charge in [0.15, 0.2) is 0 Å². The van der Waals surface area contributed by atoms with Crippen LogP contribution in [0.15, 0.2) is 47.5 Å². The molecule has 0 N–H and O–H groups in total. The smallest absolute Gasteiger partial charge is 0.243 e. The average Bonchev–Trinajstić information content (AvgIpc) is 3.10. The molecule has 0 saturated heterocycles. The summed E-state index contributed by atoms with van der Waals surface area (Å²) < 4.78 is 30.1. The molecule has 0 aliphatic heterocycles. The van der Waals surface area contributed by atoms with Crippen LogP contribution >= 0.6 is 0 Å². The minimum atomic E-state index is -3.77. The monoisotopic (exact) mass is 461 g/mol. The predicted octanol–water partition coefficient (Wildman–Crippen LogP) is 4.41. The SMILES string of the molecule is CCCN(CC(=O)N(Cc1cccn1C)CC(C)C)S(=O)(=O)c1ccc(C(C)(C)C)cc1. The van der Waals surface area contributed by atoms with Crippen LogP contribution in [0.1, 0.15) is 59.2 Å². The zero-order valence-corrected chi connectivity index (χ0v) is 21.4. The van der Waals surface area contributed by atoms with E-state index in [2.05, 4.69) is 34.6 Å². The van der Waals surface area contributed by atoms with Crippen molar-refractivity contribution in [2.45, 2.75) is 64.8 Å². The number of sulfonamides is 1. The highest BCUT2D eigenvalue weighted by atomic mass is 32.2. The Bertz CT molecular complexity index is 986. The Kier molecular flexibility index (Phi) is 8.71. The number of carbonyl (C=O) groups excluding carboxylic acids is 1. The van der Waals surface area contributed by atoms with Crippen LogP contribution in [-0.2, 0) is 33.8 Å². The van der Waals surface area contributed by atoms with Crippen molar-refractivity contribution in [3.05, 3.63) is 53.9 Å². The number of aryl methyl sites for hydroxylation is 1. The molecule has 7 heteroatoms. The molecular formula is C25H39N3O3S. The van der Waals surface area contributed by atoms with Gasteiger partial charge in [0.05, 0.1) is 18.0 Å². The van der Waals surface area contributed by atoms with E-state index in [1.807, 2.05) is 49.0 Å². The van der Waals surface area contributed by atoms with E-state index in [9.17, 15) is 13.2 Å². The molecule has 6 nitrogen and oxygen atoms in total. The van der Waals surface area contributed by atoms with Crippen LogP contribution in [0.25, 0.3) is 0 Å². The van der Waals surface area contributed by atoms with Gasteiger partial charge in [-0.2, -0.15) is 4.31 Å². The van der Waals surface area contributed by atoms with E-state index in [0.29, 0.717) is 26.1 Å². The molecule has 2 aromatic rings. The normalized spacial score (nSPS) is 12.5. The van der Waals surface area contributed by atoms with Gasteiger partial charge in [0.1, 0.15) is 0 Å². The van der Waals surface area contributed by atoms with Gasteiger partial charge in [-0.05, 0) is 47.6 Å². The molecule has 0 spiro atoms. The Morgan fingerprint density at radius 2 is 1.72 bits per heavy atom. The number of rotatable bonds is 10. The highest BCUT2D eigenvalue weighted by Gasteiger charge is 2.29. The Labute approximate surface area is 194 Å². The molecular weight excluding hydrogens is 422 g/mol. The molecule has 32 heavy (non-hydrogen) atoms. The summed E-state index contributed by atoms with van der Waals surface area (Å²) in [6.07, 6.45) is 2.58. The molecule has 0 unspecified atom stereocenters. The van der Waals surface area contributed by atoms with E-state index < -0.39 is 10.0 Å². The van der Waals surface area contributed by atoms with Crippen LogP contribution in [-0.4, -0.2) is 47.7 Å². The van der Waals surface area contributed by atoms with Gasteiger partial charge >= 0.3 is 0 Å². The fourth-order valence-electron chi connectivity index (χ4n) is 3.61. The summed E-state index contributed by atoms with van der Waals surface area (Å²) in [6, 6.07) is 11.0. The minimum absolute atomic E-state index is 0.0599.